The normalized spacial score (nSPS) is 9.91. The first-order valence-electron chi connectivity index (χ1n) is 3.55. The summed E-state index contributed by atoms with van der Waals surface area (Å²) in [6.07, 6.45) is 4.31. The molecule has 0 aliphatic carbocycles. The summed E-state index contributed by atoms with van der Waals surface area (Å²) < 4.78 is 0.500. The topological polar surface area (TPSA) is 38.7 Å². The van der Waals surface area contributed by atoms with Crippen LogP contribution in [0.4, 0.5) is 0 Å². The zero-order chi connectivity index (χ0) is 8.74. The Bertz CT molecular complexity index is 138. The van der Waals surface area contributed by atoms with Crippen molar-refractivity contribution in [2.45, 2.75) is 24.9 Å². The van der Waals surface area contributed by atoms with Gasteiger partial charge in [-0.1, -0.05) is 0 Å². The Kier molecular flexibility index (Phi) is 5.09. The minimum absolute atomic E-state index is 0.500. The molecule has 0 bridgehead atoms. The van der Waals surface area contributed by atoms with Crippen molar-refractivity contribution in [3.05, 3.63) is 19.0 Å². The molecule has 1 rings (SSSR count). The standard InChI is InChI=1S/C4H9.C3H3N3.Li/c1-4(2)3;1-4-2-6-3-5-1;/h1-3H3;1-3H;. The van der Waals surface area contributed by atoms with Gasteiger partial charge in [-0.3, -0.25) is 0 Å². The van der Waals surface area contributed by atoms with Crippen LogP contribution in [-0.2, 0) is 0 Å². The average Bonchev–Trinajstić information content (AvgIpc) is 1.88. The summed E-state index contributed by atoms with van der Waals surface area (Å²) in [7, 11) is 0. The van der Waals surface area contributed by atoms with Crippen molar-refractivity contribution >= 4 is 17.7 Å². The maximum atomic E-state index is 3.56. The maximum absolute atomic E-state index is 3.56. The summed E-state index contributed by atoms with van der Waals surface area (Å²) in [5.74, 6) is 0. The second-order valence-corrected chi connectivity index (χ2v) is 3.79. The van der Waals surface area contributed by atoms with Crippen LogP contribution in [0.2, 0.25) is 4.09 Å². The molecule has 0 saturated carbocycles. The van der Waals surface area contributed by atoms with E-state index in [4.69, 9.17) is 0 Å². The number of nitrogens with zero attached hydrogens (tertiary/aromatic N) is 3. The van der Waals surface area contributed by atoms with E-state index in [2.05, 4.69) is 53.4 Å². The largest absolute Gasteiger partial charge is 0.225 e. The van der Waals surface area contributed by atoms with Crippen molar-refractivity contribution in [3.63, 3.8) is 0 Å². The van der Waals surface area contributed by atoms with E-state index in [1.165, 1.54) is 19.0 Å². The van der Waals surface area contributed by atoms with Crippen LogP contribution < -0.4 is 0 Å². The maximum Gasteiger partial charge on any atom is 0.119 e. The van der Waals surface area contributed by atoms with E-state index in [1.54, 1.807) is 0 Å². The fourth-order valence-electron chi connectivity index (χ4n) is 0.205. The third-order valence-electron chi connectivity index (χ3n) is 0.400. The van der Waals surface area contributed by atoms with Crippen molar-refractivity contribution in [1.29, 1.82) is 0 Å². The van der Waals surface area contributed by atoms with E-state index in [-0.39, 0.29) is 0 Å². The summed E-state index contributed by atoms with van der Waals surface area (Å²) >= 11 is 2.19. The van der Waals surface area contributed by atoms with Crippen LogP contribution in [0.25, 0.3) is 0 Å². The minimum Gasteiger partial charge on any atom is -0.225 e. The van der Waals surface area contributed by atoms with E-state index in [1.807, 2.05) is 0 Å². The van der Waals surface area contributed by atoms with Crippen LogP contribution >= 0.6 is 0 Å². The Morgan fingerprint density at radius 2 is 1.09 bits per heavy atom. The molecule has 1 heterocycles. The fourth-order valence-corrected chi connectivity index (χ4v) is 0.205. The van der Waals surface area contributed by atoms with Crippen LogP contribution in [-0.4, -0.2) is 32.7 Å². The Hall–Kier alpha value is -0.393. The van der Waals surface area contributed by atoms with Gasteiger partial charge in [0.2, 0.25) is 0 Å². The third kappa shape index (κ3) is 17.7. The molecule has 0 fully saturated rings. The van der Waals surface area contributed by atoms with E-state index in [0.29, 0.717) is 4.09 Å². The van der Waals surface area contributed by atoms with Gasteiger partial charge in [-0.2, -0.15) is 0 Å². The van der Waals surface area contributed by atoms with Crippen LogP contribution in [0.3, 0.4) is 0 Å². The van der Waals surface area contributed by atoms with Crippen molar-refractivity contribution in [1.82, 2.24) is 15.0 Å². The quantitative estimate of drug-likeness (QED) is 0.515. The van der Waals surface area contributed by atoms with Crippen LogP contribution in [0.1, 0.15) is 20.8 Å². The monoisotopic (exact) mass is 145 g/mol. The number of hydrogen-bond donors (Lipinski definition) is 0. The van der Waals surface area contributed by atoms with Gasteiger partial charge in [0.1, 0.15) is 19.0 Å². The van der Waals surface area contributed by atoms with Gasteiger partial charge in [-0.25, -0.2) is 15.0 Å². The van der Waals surface area contributed by atoms with E-state index < -0.39 is 0 Å². The molecule has 0 aromatic carbocycles. The van der Waals surface area contributed by atoms with Crippen molar-refractivity contribution < 1.29 is 0 Å². The molecule has 56 valence electrons. The smallest absolute Gasteiger partial charge is 0.119 e. The molecular formula is C7H12LiN3. The fraction of sp³-hybridized carbons (Fsp3) is 0.571. The number of hydrogen-bond acceptors (Lipinski definition) is 3. The molecule has 0 saturated heterocycles. The van der Waals surface area contributed by atoms with Gasteiger partial charge in [-0.05, 0) is 0 Å². The zero-order valence-electron chi connectivity index (χ0n) is 7.57. The molecule has 3 nitrogen and oxygen atoms in total. The third-order valence-corrected chi connectivity index (χ3v) is 0.400. The van der Waals surface area contributed by atoms with Gasteiger partial charge in [0.25, 0.3) is 0 Å². The van der Waals surface area contributed by atoms with Crippen molar-refractivity contribution in [2.75, 3.05) is 0 Å². The summed E-state index contributed by atoms with van der Waals surface area (Å²) in [5.41, 5.74) is 0. The molecule has 0 spiro atoms. The zero-order valence-corrected chi connectivity index (χ0v) is 7.57. The Morgan fingerprint density at radius 3 is 1.18 bits per heavy atom. The van der Waals surface area contributed by atoms with Crippen LogP contribution in [0.15, 0.2) is 19.0 Å². The number of rotatable bonds is 0. The second kappa shape index (κ2) is 5.28. The van der Waals surface area contributed by atoms with Gasteiger partial charge in [-0.15, -0.1) is 0 Å². The summed E-state index contributed by atoms with van der Waals surface area (Å²) in [6.45, 7) is 6.56. The molecule has 0 aliphatic heterocycles. The van der Waals surface area contributed by atoms with Crippen LogP contribution in [0.5, 0.6) is 0 Å². The molecule has 0 radical (unpaired) electrons. The summed E-state index contributed by atoms with van der Waals surface area (Å²) in [6, 6.07) is 0. The first kappa shape index (κ1) is 10.6. The van der Waals surface area contributed by atoms with Gasteiger partial charge in [0.05, 0.1) is 0 Å². The van der Waals surface area contributed by atoms with Gasteiger partial charge >= 0.3 is 42.6 Å². The Labute approximate surface area is 76.9 Å². The minimum atomic E-state index is 0.500. The van der Waals surface area contributed by atoms with Gasteiger partial charge < -0.3 is 0 Å². The van der Waals surface area contributed by atoms with E-state index in [0.717, 1.165) is 0 Å². The molecular weight excluding hydrogens is 133 g/mol. The molecule has 0 atom stereocenters. The Balaban J connectivity index is 0.000000187. The first-order chi connectivity index (χ1) is 5.00. The number of aromatic nitrogens is 3. The van der Waals surface area contributed by atoms with E-state index in [9.17, 15) is 0 Å². The molecule has 0 aliphatic rings. The van der Waals surface area contributed by atoms with Gasteiger partial charge in [0.15, 0.2) is 0 Å². The average molecular weight is 145 g/mol. The van der Waals surface area contributed by atoms with E-state index >= 15 is 0 Å². The summed E-state index contributed by atoms with van der Waals surface area (Å²) in [5, 5.41) is 0. The van der Waals surface area contributed by atoms with Crippen molar-refractivity contribution in [2.24, 2.45) is 0 Å². The molecule has 4 heteroatoms. The molecule has 0 unspecified atom stereocenters. The molecule has 0 amide bonds. The SMILES string of the molecule is [Li][C](C)(C)C.c1ncncn1. The predicted molar refractivity (Wildman–Crippen MR) is 45.3 cm³/mol. The summed E-state index contributed by atoms with van der Waals surface area (Å²) in [4.78, 5) is 10.7. The van der Waals surface area contributed by atoms with Gasteiger partial charge in [0, 0.05) is 0 Å². The molecule has 11 heavy (non-hydrogen) atoms. The molecule has 0 N–H and O–H groups in total. The van der Waals surface area contributed by atoms with Crippen LogP contribution in [0, 0.1) is 0 Å². The first-order valence-corrected chi connectivity index (χ1v) is 3.55. The Morgan fingerprint density at radius 1 is 0.909 bits per heavy atom. The molecule has 1 aromatic rings. The second-order valence-electron chi connectivity index (χ2n) is 3.79. The van der Waals surface area contributed by atoms with Crippen molar-refractivity contribution in [3.8, 4) is 0 Å². The predicted octanol–water partition coefficient (Wildman–Crippen LogP) is 1.24. The molecule has 1 aromatic heterocycles.